The van der Waals surface area contributed by atoms with Crippen molar-refractivity contribution < 1.29 is 44.2 Å². The lowest BCUT2D eigenvalue weighted by Crippen LogP contribution is -2.39. The minimum atomic E-state index is -1.20. The molecule has 0 spiro atoms. The number of pyridine rings is 1. The van der Waals surface area contributed by atoms with Crippen LogP contribution in [0.25, 0.3) is 11.1 Å². The number of aliphatic hydroxyl groups is 3. The number of halogens is 1. The number of aliphatic carboxylic acids is 1. The maximum Gasteiger partial charge on any atom is 0.323 e. The van der Waals surface area contributed by atoms with Gasteiger partial charge >= 0.3 is 5.97 Å². The van der Waals surface area contributed by atoms with Crippen molar-refractivity contribution in [1.82, 2.24) is 20.1 Å². The molecule has 2 saturated heterocycles. The van der Waals surface area contributed by atoms with Gasteiger partial charge in [-0.05, 0) is 79.1 Å². The van der Waals surface area contributed by atoms with Crippen LogP contribution in [0.3, 0.4) is 0 Å². The summed E-state index contributed by atoms with van der Waals surface area (Å²) in [5, 5.41) is 51.2. The molecule has 0 saturated carbocycles. The summed E-state index contributed by atoms with van der Waals surface area (Å²) in [5.41, 5.74) is 5.39. The van der Waals surface area contributed by atoms with Crippen molar-refractivity contribution in [2.75, 3.05) is 59.1 Å². The summed E-state index contributed by atoms with van der Waals surface area (Å²) in [6, 6.07) is 17.8. The van der Waals surface area contributed by atoms with E-state index in [2.05, 4.69) is 26.2 Å². The Hall–Kier alpha value is -4.98. The number of carboxylic acid groups (broad SMARTS) is 1. The van der Waals surface area contributed by atoms with Crippen LogP contribution < -0.4 is 24.3 Å². The van der Waals surface area contributed by atoms with E-state index in [0.717, 1.165) is 74.1 Å². The fourth-order valence-electron chi connectivity index (χ4n) is 7.40. The molecule has 2 aliphatic heterocycles. The van der Waals surface area contributed by atoms with Crippen LogP contribution in [0.2, 0.25) is 5.02 Å². The number of likely N-dealkylation sites (tertiary alicyclic amines) is 2. The van der Waals surface area contributed by atoms with Gasteiger partial charge in [0.15, 0.2) is 0 Å². The number of aromatic nitrogens is 1. The van der Waals surface area contributed by atoms with Crippen LogP contribution in [-0.2, 0) is 24.6 Å². The number of rotatable bonds is 22. The maximum absolute atomic E-state index is 11.6. The molecular weight excluding hydrogens is 790 g/mol. The number of nitriles is 1. The molecule has 6 rings (SSSR count). The lowest BCUT2D eigenvalue weighted by atomic mass is 9.96. The quantitative estimate of drug-likeness (QED) is 0.0669. The molecule has 1 aromatic heterocycles. The molecule has 0 radical (unpaired) electrons. The van der Waals surface area contributed by atoms with E-state index in [4.69, 9.17) is 30.5 Å². The third kappa shape index (κ3) is 12.8. The largest absolute Gasteiger partial charge is 0.493 e. The highest BCUT2D eigenvalue weighted by Crippen LogP contribution is 2.36. The van der Waals surface area contributed by atoms with Crippen LogP contribution >= 0.6 is 11.6 Å². The van der Waals surface area contributed by atoms with Crippen molar-refractivity contribution in [2.24, 2.45) is 0 Å². The van der Waals surface area contributed by atoms with E-state index in [1.54, 1.807) is 24.4 Å². The molecule has 3 aromatic carbocycles. The van der Waals surface area contributed by atoms with Gasteiger partial charge in [0.2, 0.25) is 0 Å². The van der Waals surface area contributed by atoms with Crippen LogP contribution in [0.1, 0.15) is 53.5 Å². The average molecular weight is 844 g/mol. The van der Waals surface area contributed by atoms with E-state index in [1.807, 2.05) is 43.3 Å². The van der Waals surface area contributed by atoms with Gasteiger partial charge in [0.25, 0.3) is 0 Å². The summed E-state index contributed by atoms with van der Waals surface area (Å²) in [5.74, 6) is 0.920. The molecule has 4 aromatic rings. The van der Waals surface area contributed by atoms with Crippen LogP contribution in [0.4, 0.5) is 0 Å². The van der Waals surface area contributed by atoms with Crippen molar-refractivity contribution in [1.29, 1.82) is 5.26 Å². The van der Waals surface area contributed by atoms with Crippen molar-refractivity contribution in [3.63, 3.8) is 0 Å². The summed E-state index contributed by atoms with van der Waals surface area (Å²) >= 11 is 6.75. The lowest BCUT2D eigenvalue weighted by Gasteiger charge is -2.19. The Morgan fingerprint density at radius 2 is 1.57 bits per heavy atom. The summed E-state index contributed by atoms with van der Waals surface area (Å²) in [7, 11) is 0. The Balaban J connectivity index is 1.18. The normalized spacial score (nSPS) is 17.3. The van der Waals surface area contributed by atoms with Crippen LogP contribution in [0.15, 0.2) is 67.0 Å². The third-order valence-corrected chi connectivity index (χ3v) is 11.0. The molecule has 2 aliphatic rings. The number of aliphatic hydroxyl groups excluding tert-OH is 3. The van der Waals surface area contributed by atoms with Gasteiger partial charge in [-0.1, -0.05) is 29.8 Å². The molecule has 3 atom stereocenters. The van der Waals surface area contributed by atoms with E-state index < -0.39 is 18.6 Å². The Kier molecular flexibility index (Phi) is 16.4. The fraction of sp³-hybridized carbons (Fsp3) is 0.444. The molecule has 15 heteroatoms. The van der Waals surface area contributed by atoms with Gasteiger partial charge in [-0.25, -0.2) is 0 Å². The van der Waals surface area contributed by atoms with Crippen LogP contribution in [-0.4, -0.2) is 119 Å². The second kappa shape index (κ2) is 22.0. The zero-order chi connectivity index (χ0) is 42.4. The van der Waals surface area contributed by atoms with Gasteiger partial charge in [0, 0.05) is 81.5 Å². The van der Waals surface area contributed by atoms with Crippen LogP contribution in [0, 0.1) is 18.3 Å². The van der Waals surface area contributed by atoms with E-state index >= 15 is 0 Å². The van der Waals surface area contributed by atoms with E-state index in [9.17, 15) is 30.5 Å². The molecule has 0 aliphatic carbocycles. The number of hydrogen-bond acceptors (Lipinski definition) is 13. The van der Waals surface area contributed by atoms with Gasteiger partial charge < -0.3 is 49.2 Å². The predicted octanol–water partition coefficient (Wildman–Crippen LogP) is 4.95. The van der Waals surface area contributed by atoms with Gasteiger partial charge in [0.05, 0.1) is 42.6 Å². The third-order valence-electron chi connectivity index (χ3n) is 10.7. The first-order chi connectivity index (χ1) is 29.1. The van der Waals surface area contributed by atoms with E-state index in [0.29, 0.717) is 66.0 Å². The molecule has 0 unspecified atom stereocenters. The van der Waals surface area contributed by atoms with Gasteiger partial charge in [-0.15, -0.1) is 0 Å². The molecule has 3 heterocycles. The highest BCUT2D eigenvalue weighted by molar-refractivity contribution is 6.32. The summed E-state index contributed by atoms with van der Waals surface area (Å²) in [6.45, 7) is 7.64. The Morgan fingerprint density at radius 1 is 0.900 bits per heavy atom. The summed E-state index contributed by atoms with van der Waals surface area (Å²) in [4.78, 5) is 20.2. The number of nitrogens with one attached hydrogen (secondary N) is 1. The highest BCUT2D eigenvalue weighted by atomic mass is 35.5. The second-order valence-corrected chi connectivity index (χ2v) is 15.7. The number of nitrogens with zero attached hydrogens (tertiary/aromatic N) is 4. The molecular formula is C45H54ClN5O9. The van der Waals surface area contributed by atoms with E-state index in [1.165, 1.54) is 6.20 Å². The second-order valence-electron chi connectivity index (χ2n) is 15.3. The number of benzene rings is 3. The topological polar surface area (TPSA) is 190 Å². The molecule has 0 bridgehead atoms. The summed E-state index contributed by atoms with van der Waals surface area (Å²) in [6.07, 6.45) is 5.80. The lowest BCUT2D eigenvalue weighted by molar-refractivity contribution is -0.140. The Labute approximate surface area is 355 Å². The number of carbonyl (C=O) groups is 1. The number of ether oxygens (including phenoxy) is 4. The Morgan fingerprint density at radius 3 is 2.17 bits per heavy atom. The number of hydrogen-bond donors (Lipinski definition) is 5. The van der Waals surface area contributed by atoms with Crippen LogP contribution in [0.5, 0.6) is 23.0 Å². The minimum Gasteiger partial charge on any atom is -0.493 e. The van der Waals surface area contributed by atoms with Gasteiger partial charge in [0.1, 0.15) is 48.3 Å². The highest BCUT2D eigenvalue weighted by Gasteiger charge is 2.22. The zero-order valence-electron chi connectivity index (χ0n) is 33.9. The predicted molar refractivity (Wildman–Crippen MR) is 225 cm³/mol. The minimum absolute atomic E-state index is 0.0319. The van der Waals surface area contributed by atoms with Crippen molar-refractivity contribution in [3.8, 4) is 40.2 Å². The zero-order valence-corrected chi connectivity index (χ0v) is 34.6. The maximum atomic E-state index is 11.6. The molecule has 14 nitrogen and oxygen atoms in total. The monoisotopic (exact) mass is 843 g/mol. The fourth-order valence-corrected chi connectivity index (χ4v) is 7.64. The van der Waals surface area contributed by atoms with Gasteiger partial charge in [-0.3, -0.25) is 15.1 Å². The molecule has 0 amide bonds. The number of carboxylic acids is 1. The molecule has 60 heavy (non-hydrogen) atoms. The SMILES string of the molecule is Cc1c(COc2cc(OCc3cncc(C#N)c3)c(CN[C@@H](CO)C(=O)O)cc2Cl)cccc1-c1cc(OCCCN2CC[C@@H](O)C2)cc(OCCCN2CC[C@@H](O)C2)c1. The standard InChI is InChI=1S/C45H54ClN5O9/c1-30-33(29-60-44-20-43(59-28-32-15-31(21-47)22-48-23-32)35(18-41(44)46)24-49-42(27-52)45(55)56)5-2-6-40(30)34-16-38(57-13-3-9-50-11-7-36(53)25-50)19-39(17-34)58-14-4-10-51-12-8-37(54)26-51/h2,5-6,15-20,22-23,36-37,42,49,52-54H,3-4,7-14,24-29H2,1H3,(H,55,56)/t36-,37-,42+/m1/s1. The number of β-amino-alcohol motifs (C(OH)–C–C–N with tert-alkyl or cyclic N) is 2. The first-order valence-corrected chi connectivity index (χ1v) is 20.8. The molecule has 5 N–H and O–H groups in total. The van der Waals surface area contributed by atoms with Gasteiger partial charge in [-0.2, -0.15) is 5.26 Å². The summed E-state index contributed by atoms with van der Waals surface area (Å²) < 4.78 is 25.1. The first-order valence-electron chi connectivity index (χ1n) is 20.4. The molecule has 320 valence electrons. The average Bonchev–Trinajstić information content (AvgIpc) is 3.87. The first kappa shape index (κ1) is 44.6. The van der Waals surface area contributed by atoms with Crippen molar-refractivity contribution in [2.45, 2.75) is 70.6 Å². The van der Waals surface area contributed by atoms with E-state index in [-0.39, 0.29) is 37.0 Å². The Bertz CT molecular complexity index is 2050. The van der Waals surface area contributed by atoms with Crippen molar-refractivity contribution in [3.05, 3.63) is 99.8 Å². The smallest absolute Gasteiger partial charge is 0.323 e. The van der Waals surface area contributed by atoms with Crippen molar-refractivity contribution >= 4 is 17.6 Å². The molecule has 2 fully saturated rings.